The molecule has 1 unspecified atom stereocenters. The zero-order valence-corrected chi connectivity index (χ0v) is 21.7. The van der Waals surface area contributed by atoms with E-state index < -0.39 is 15.9 Å². The van der Waals surface area contributed by atoms with Crippen LogP contribution in [0.4, 0.5) is 0 Å². The second kappa shape index (κ2) is 8.91. The predicted octanol–water partition coefficient (Wildman–Crippen LogP) is 5.37. The molecule has 0 radical (unpaired) electrons. The van der Waals surface area contributed by atoms with Crippen molar-refractivity contribution >= 4 is 32.3 Å². The lowest BCUT2D eigenvalue weighted by atomic mass is 10.0. The van der Waals surface area contributed by atoms with Gasteiger partial charge in [0.05, 0.1) is 22.6 Å². The minimum Gasteiger partial charge on any atom is -0.387 e. The summed E-state index contributed by atoms with van der Waals surface area (Å²) in [7, 11) is -3.01. The lowest BCUT2D eigenvalue weighted by Gasteiger charge is -2.25. The second-order valence-corrected chi connectivity index (χ2v) is 13.5. The van der Waals surface area contributed by atoms with Gasteiger partial charge in [0.15, 0.2) is 9.84 Å². The summed E-state index contributed by atoms with van der Waals surface area (Å²) in [5, 5.41) is 13.1. The van der Waals surface area contributed by atoms with Gasteiger partial charge in [0.1, 0.15) is 0 Å². The molecule has 2 aliphatic heterocycles. The molecule has 1 aromatic heterocycles. The third kappa shape index (κ3) is 4.33. The zero-order chi connectivity index (χ0) is 24.3. The van der Waals surface area contributed by atoms with Crippen molar-refractivity contribution in [2.45, 2.75) is 75.3 Å². The molecule has 5 nitrogen and oxygen atoms in total. The van der Waals surface area contributed by atoms with Crippen LogP contribution in [-0.4, -0.2) is 52.6 Å². The Morgan fingerprint density at radius 3 is 2.29 bits per heavy atom. The van der Waals surface area contributed by atoms with E-state index in [-0.39, 0.29) is 11.0 Å². The van der Waals surface area contributed by atoms with Gasteiger partial charge >= 0.3 is 0 Å². The van der Waals surface area contributed by atoms with Gasteiger partial charge in [-0.2, -0.15) is 0 Å². The third-order valence-electron chi connectivity index (χ3n) is 8.43. The van der Waals surface area contributed by atoms with Crippen LogP contribution in [0.3, 0.4) is 0 Å². The van der Waals surface area contributed by atoms with E-state index in [4.69, 9.17) is 11.6 Å². The number of aliphatic hydroxyl groups excluding tert-OH is 1. The van der Waals surface area contributed by atoms with Gasteiger partial charge in [-0.3, -0.25) is 4.90 Å². The third-order valence-corrected chi connectivity index (χ3v) is 10.9. The molecule has 0 amide bonds. The van der Waals surface area contributed by atoms with Crippen LogP contribution in [0, 0.1) is 6.92 Å². The number of hydrogen-bond acceptors (Lipinski definition) is 4. The maximum absolute atomic E-state index is 12.5. The Morgan fingerprint density at radius 1 is 1.00 bits per heavy atom. The molecule has 1 N–H and O–H groups in total. The summed E-state index contributed by atoms with van der Waals surface area (Å²) < 4.78 is 27.1. The van der Waals surface area contributed by atoms with Crippen molar-refractivity contribution in [3.63, 3.8) is 0 Å². The van der Waals surface area contributed by atoms with Gasteiger partial charge in [0.2, 0.25) is 0 Å². The number of fused-ring (bicyclic) bond motifs is 3. The Hall–Kier alpha value is -1.86. The molecule has 3 aromatic rings. The molecule has 1 saturated carbocycles. The Kier molecular flexibility index (Phi) is 5.99. The summed E-state index contributed by atoms with van der Waals surface area (Å²) in [6.07, 6.45) is 6.53. The van der Waals surface area contributed by atoms with Crippen molar-refractivity contribution in [1.29, 1.82) is 0 Å². The van der Waals surface area contributed by atoms with Crippen molar-refractivity contribution in [3.05, 3.63) is 64.3 Å². The highest BCUT2D eigenvalue weighted by Gasteiger charge is 2.40. The zero-order valence-electron chi connectivity index (χ0n) is 20.2. The molecule has 0 spiro atoms. The van der Waals surface area contributed by atoms with Crippen molar-refractivity contribution in [1.82, 2.24) is 9.47 Å². The Bertz CT molecular complexity index is 1340. The molecular weight excluding hydrogens is 480 g/mol. The SMILES string of the molecule is Cc1c(C(O)CN2C3CCC2CC3)c2ccc(CCS(=O)(=O)C3CC3)cc2n1-c1ccc(Cl)cc1. The summed E-state index contributed by atoms with van der Waals surface area (Å²) in [5.74, 6) is 0.191. The number of sulfone groups is 1. The van der Waals surface area contributed by atoms with Crippen molar-refractivity contribution in [3.8, 4) is 5.69 Å². The highest BCUT2D eigenvalue weighted by atomic mass is 35.5. The van der Waals surface area contributed by atoms with Crippen LogP contribution in [0.15, 0.2) is 42.5 Å². The van der Waals surface area contributed by atoms with Crippen LogP contribution < -0.4 is 0 Å². The van der Waals surface area contributed by atoms with E-state index in [2.05, 4.69) is 28.5 Å². The molecule has 6 rings (SSSR count). The Morgan fingerprint density at radius 2 is 1.66 bits per heavy atom. The van der Waals surface area contributed by atoms with Crippen LogP contribution in [0.2, 0.25) is 5.02 Å². The van der Waals surface area contributed by atoms with Crippen LogP contribution in [0.1, 0.15) is 61.4 Å². The van der Waals surface area contributed by atoms with E-state index in [9.17, 15) is 13.5 Å². The monoisotopic (exact) mass is 512 g/mol. The van der Waals surface area contributed by atoms with E-state index >= 15 is 0 Å². The molecular formula is C28H33ClN2O3S. The molecule has 7 heteroatoms. The summed E-state index contributed by atoms with van der Waals surface area (Å²) in [6.45, 7) is 2.74. The number of benzene rings is 2. The summed E-state index contributed by atoms with van der Waals surface area (Å²) in [4.78, 5) is 2.52. The fraction of sp³-hybridized carbons (Fsp3) is 0.500. The van der Waals surface area contributed by atoms with E-state index in [1.165, 1.54) is 25.7 Å². The number of hydrogen-bond donors (Lipinski definition) is 1. The van der Waals surface area contributed by atoms with E-state index in [0.717, 1.165) is 46.3 Å². The lowest BCUT2D eigenvalue weighted by molar-refractivity contribution is 0.104. The van der Waals surface area contributed by atoms with E-state index in [0.29, 0.717) is 30.1 Å². The highest BCUT2D eigenvalue weighted by Crippen LogP contribution is 2.41. The largest absolute Gasteiger partial charge is 0.387 e. The van der Waals surface area contributed by atoms with Gasteiger partial charge in [0.25, 0.3) is 0 Å². The number of halogens is 1. The average Bonchev–Trinajstić information content (AvgIpc) is 3.50. The number of nitrogens with zero attached hydrogens (tertiary/aromatic N) is 2. The first-order chi connectivity index (χ1) is 16.8. The number of aromatic nitrogens is 1. The predicted molar refractivity (Wildman–Crippen MR) is 141 cm³/mol. The maximum Gasteiger partial charge on any atom is 0.153 e. The van der Waals surface area contributed by atoms with E-state index in [1.807, 2.05) is 30.3 Å². The van der Waals surface area contributed by atoms with Gasteiger partial charge in [-0.05, 0) is 87.8 Å². The normalized spacial score (nSPS) is 23.4. The number of rotatable bonds is 8. The van der Waals surface area contributed by atoms with Crippen molar-refractivity contribution < 1.29 is 13.5 Å². The first-order valence-corrected chi connectivity index (χ1v) is 15.0. The molecule has 3 heterocycles. The van der Waals surface area contributed by atoms with Gasteiger partial charge in [-0.1, -0.05) is 23.7 Å². The van der Waals surface area contributed by atoms with E-state index in [1.54, 1.807) is 0 Å². The topological polar surface area (TPSA) is 62.5 Å². The number of aryl methyl sites for hydroxylation is 1. The highest BCUT2D eigenvalue weighted by molar-refractivity contribution is 7.92. The van der Waals surface area contributed by atoms with Gasteiger partial charge in [-0.25, -0.2) is 8.42 Å². The van der Waals surface area contributed by atoms with Gasteiger partial charge < -0.3 is 9.67 Å². The Labute approximate surface area is 212 Å². The minimum atomic E-state index is -3.01. The van der Waals surface area contributed by atoms with Crippen LogP contribution >= 0.6 is 11.6 Å². The summed E-state index contributed by atoms with van der Waals surface area (Å²) >= 11 is 6.17. The van der Waals surface area contributed by atoms with Crippen LogP contribution in [-0.2, 0) is 16.3 Å². The Balaban J connectivity index is 1.39. The summed E-state index contributed by atoms with van der Waals surface area (Å²) in [5.41, 5.74) is 4.99. The molecule has 2 bridgehead atoms. The molecule has 186 valence electrons. The standard InChI is InChI=1S/C28H33ClN2O3S/c1-18-28(27(32)17-30-21-7-8-22(30)10-9-21)25-13-2-19(14-15-35(33,34)24-11-12-24)16-26(25)31(18)23-5-3-20(29)4-6-23/h2-6,13,16,21-22,24,27,32H,7-12,14-15,17H2,1H3. The molecule has 1 aliphatic carbocycles. The first-order valence-electron chi connectivity index (χ1n) is 12.9. The average molecular weight is 513 g/mol. The molecule has 3 fully saturated rings. The maximum atomic E-state index is 12.5. The molecule has 2 aromatic carbocycles. The van der Waals surface area contributed by atoms with Crippen LogP contribution in [0.5, 0.6) is 0 Å². The first kappa shape index (κ1) is 23.5. The second-order valence-electron chi connectivity index (χ2n) is 10.7. The lowest BCUT2D eigenvalue weighted by Crippen LogP contribution is -2.33. The molecule has 1 atom stereocenters. The van der Waals surface area contributed by atoms with Crippen LogP contribution in [0.25, 0.3) is 16.6 Å². The number of aliphatic hydroxyl groups is 1. The van der Waals surface area contributed by atoms with Crippen molar-refractivity contribution in [2.24, 2.45) is 0 Å². The van der Waals surface area contributed by atoms with Gasteiger partial charge in [-0.15, -0.1) is 0 Å². The smallest absolute Gasteiger partial charge is 0.153 e. The quantitative estimate of drug-likeness (QED) is 0.440. The molecule has 35 heavy (non-hydrogen) atoms. The minimum absolute atomic E-state index is 0.131. The molecule has 3 aliphatic rings. The summed E-state index contributed by atoms with van der Waals surface area (Å²) in [6, 6.07) is 15.2. The molecule has 2 saturated heterocycles. The van der Waals surface area contributed by atoms with Crippen molar-refractivity contribution in [2.75, 3.05) is 12.3 Å². The fourth-order valence-electron chi connectivity index (χ4n) is 6.45. The fourth-order valence-corrected chi connectivity index (χ4v) is 8.28. The van der Waals surface area contributed by atoms with Gasteiger partial charge in [0, 0.05) is 46.0 Å².